The van der Waals surface area contributed by atoms with Crippen LogP contribution in [0.15, 0.2) is 59.7 Å². The van der Waals surface area contributed by atoms with Gasteiger partial charge in [0.05, 0.1) is 6.21 Å². The number of nitrogens with zero attached hydrogens (tertiary/aromatic N) is 1. The van der Waals surface area contributed by atoms with Gasteiger partial charge in [-0.15, -0.1) is 0 Å². The monoisotopic (exact) mass is 309 g/mol. The molecule has 2 aromatic carbocycles. The highest BCUT2D eigenvalue weighted by molar-refractivity contribution is 5.94. The van der Waals surface area contributed by atoms with Crippen molar-refractivity contribution < 1.29 is 9.59 Å². The van der Waals surface area contributed by atoms with Gasteiger partial charge in [0.25, 0.3) is 5.91 Å². The summed E-state index contributed by atoms with van der Waals surface area (Å²) in [5.74, 6) is -0.441. The van der Waals surface area contributed by atoms with E-state index in [2.05, 4.69) is 15.8 Å². The summed E-state index contributed by atoms with van der Waals surface area (Å²) in [6.45, 7) is 2.27. The first-order valence-corrected chi connectivity index (χ1v) is 7.37. The lowest BCUT2D eigenvalue weighted by atomic mass is 10.2. The average molecular weight is 309 g/mol. The molecule has 0 bridgehead atoms. The molecule has 0 unspecified atom stereocenters. The van der Waals surface area contributed by atoms with Gasteiger partial charge in [-0.3, -0.25) is 9.59 Å². The average Bonchev–Trinajstić information content (AvgIpc) is 2.57. The third-order valence-corrected chi connectivity index (χ3v) is 3.15. The Bertz CT molecular complexity index is 679. The summed E-state index contributed by atoms with van der Waals surface area (Å²) >= 11 is 0. The highest BCUT2D eigenvalue weighted by Gasteiger charge is 2.05. The van der Waals surface area contributed by atoms with Gasteiger partial charge in [0, 0.05) is 18.5 Å². The molecule has 0 aliphatic carbocycles. The Balaban J connectivity index is 1.69. The summed E-state index contributed by atoms with van der Waals surface area (Å²) in [6.07, 6.45) is 1.75. The Morgan fingerprint density at radius 1 is 1.04 bits per heavy atom. The molecule has 0 fully saturated rings. The maximum absolute atomic E-state index is 11.8. The highest BCUT2D eigenvalue weighted by atomic mass is 16.2. The normalized spacial score (nSPS) is 10.5. The Morgan fingerprint density at radius 3 is 2.43 bits per heavy atom. The van der Waals surface area contributed by atoms with Crippen molar-refractivity contribution in [1.82, 2.24) is 10.7 Å². The van der Waals surface area contributed by atoms with Gasteiger partial charge in [0.15, 0.2) is 0 Å². The van der Waals surface area contributed by atoms with Gasteiger partial charge in [0.1, 0.15) is 0 Å². The van der Waals surface area contributed by atoms with Crippen LogP contribution in [0.25, 0.3) is 0 Å². The number of hydrogen-bond acceptors (Lipinski definition) is 3. The largest absolute Gasteiger partial charge is 0.352 e. The molecule has 2 amide bonds. The number of carbonyl (C=O) groups is 2. The second kappa shape index (κ2) is 8.48. The van der Waals surface area contributed by atoms with E-state index in [1.807, 2.05) is 37.3 Å². The maximum atomic E-state index is 11.8. The van der Waals surface area contributed by atoms with Crippen molar-refractivity contribution in [2.45, 2.75) is 13.3 Å². The molecular formula is C18H19N3O2. The molecule has 2 aromatic rings. The van der Waals surface area contributed by atoms with Crippen LogP contribution in [0.5, 0.6) is 0 Å². The molecule has 5 nitrogen and oxygen atoms in total. The predicted octanol–water partition coefficient (Wildman–Crippen LogP) is 2.27. The van der Waals surface area contributed by atoms with Crippen LogP contribution < -0.4 is 10.7 Å². The number of benzene rings is 2. The van der Waals surface area contributed by atoms with E-state index in [0.717, 1.165) is 5.56 Å². The molecule has 2 N–H and O–H groups in total. The van der Waals surface area contributed by atoms with Crippen LogP contribution in [0, 0.1) is 6.92 Å². The van der Waals surface area contributed by atoms with Crippen LogP contribution in [0.2, 0.25) is 0 Å². The molecule has 0 aliphatic rings. The first-order valence-electron chi connectivity index (χ1n) is 7.37. The number of hydrazone groups is 1. The molecule has 118 valence electrons. The van der Waals surface area contributed by atoms with E-state index >= 15 is 0 Å². The van der Waals surface area contributed by atoms with Crippen molar-refractivity contribution >= 4 is 18.0 Å². The Labute approximate surface area is 135 Å². The summed E-state index contributed by atoms with van der Waals surface area (Å²) in [7, 11) is 0. The van der Waals surface area contributed by atoms with E-state index in [4.69, 9.17) is 0 Å². The molecular weight excluding hydrogens is 290 g/mol. The second-order valence-electron chi connectivity index (χ2n) is 5.08. The fraction of sp³-hybridized carbons (Fsp3) is 0.167. The van der Waals surface area contributed by atoms with Crippen LogP contribution in [-0.4, -0.2) is 24.6 Å². The van der Waals surface area contributed by atoms with E-state index in [9.17, 15) is 9.59 Å². The van der Waals surface area contributed by atoms with E-state index in [-0.39, 0.29) is 24.8 Å². The Hall–Kier alpha value is -2.95. The molecule has 0 saturated carbocycles. The second-order valence-corrected chi connectivity index (χ2v) is 5.08. The van der Waals surface area contributed by atoms with Crippen molar-refractivity contribution in [1.29, 1.82) is 0 Å². The summed E-state index contributed by atoms with van der Waals surface area (Å²) < 4.78 is 0. The number of carbonyl (C=O) groups excluding carboxylic acids is 2. The van der Waals surface area contributed by atoms with Crippen molar-refractivity contribution in [3.8, 4) is 0 Å². The van der Waals surface area contributed by atoms with Gasteiger partial charge < -0.3 is 5.32 Å². The van der Waals surface area contributed by atoms with Crippen molar-refractivity contribution in [2.24, 2.45) is 5.10 Å². The maximum Gasteiger partial charge on any atom is 0.251 e. The molecule has 0 aliphatic heterocycles. The molecule has 0 saturated heterocycles. The summed E-state index contributed by atoms with van der Waals surface area (Å²) in [4.78, 5) is 23.4. The Morgan fingerprint density at radius 2 is 1.74 bits per heavy atom. The SMILES string of the molecule is Cc1ccc(/C=N\NC(=O)CCNC(=O)c2ccccc2)cc1. The quantitative estimate of drug-likeness (QED) is 0.635. The molecule has 0 heterocycles. The van der Waals surface area contributed by atoms with Crippen molar-refractivity contribution in [3.05, 3.63) is 71.3 Å². The fourth-order valence-corrected chi connectivity index (χ4v) is 1.87. The van der Waals surface area contributed by atoms with E-state index in [1.54, 1.807) is 30.5 Å². The van der Waals surface area contributed by atoms with Gasteiger partial charge in [0.2, 0.25) is 5.91 Å². The van der Waals surface area contributed by atoms with Gasteiger partial charge in [-0.25, -0.2) is 5.43 Å². The molecule has 23 heavy (non-hydrogen) atoms. The van der Waals surface area contributed by atoms with Crippen LogP contribution in [0.1, 0.15) is 27.9 Å². The van der Waals surface area contributed by atoms with E-state index in [1.165, 1.54) is 5.56 Å². The molecule has 5 heteroatoms. The van der Waals surface area contributed by atoms with Crippen molar-refractivity contribution in [2.75, 3.05) is 6.54 Å². The van der Waals surface area contributed by atoms with Gasteiger partial charge in [-0.05, 0) is 24.6 Å². The topological polar surface area (TPSA) is 70.6 Å². The Kier molecular flexibility index (Phi) is 6.06. The first-order chi connectivity index (χ1) is 11.1. The minimum atomic E-state index is -0.248. The molecule has 0 spiro atoms. The third kappa shape index (κ3) is 5.74. The number of nitrogens with one attached hydrogen (secondary N) is 2. The minimum Gasteiger partial charge on any atom is -0.352 e. The lowest BCUT2D eigenvalue weighted by Gasteiger charge is -2.04. The number of amides is 2. The van der Waals surface area contributed by atoms with Gasteiger partial charge in [-0.1, -0.05) is 48.0 Å². The zero-order chi connectivity index (χ0) is 16.5. The highest BCUT2D eigenvalue weighted by Crippen LogP contribution is 2.00. The zero-order valence-electron chi connectivity index (χ0n) is 13.0. The third-order valence-electron chi connectivity index (χ3n) is 3.15. The molecule has 0 aromatic heterocycles. The summed E-state index contributed by atoms with van der Waals surface area (Å²) in [5.41, 5.74) is 5.09. The van der Waals surface area contributed by atoms with Gasteiger partial charge >= 0.3 is 0 Å². The fourth-order valence-electron chi connectivity index (χ4n) is 1.87. The van der Waals surface area contributed by atoms with Gasteiger partial charge in [-0.2, -0.15) is 5.10 Å². The smallest absolute Gasteiger partial charge is 0.251 e. The summed E-state index contributed by atoms with van der Waals surface area (Å²) in [5, 5.41) is 6.58. The lowest BCUT2D eigenvalue weighted by molar-refractivity contribution is -0.120. The van der Waals surface area contributed by atoms with E-state index in [0.29, 0.717) is 5.56 Å². The predicted molar refractivity (Wildman–Crippen MR) is 90.3 cm³/mol. The van der Waals surface area contributed by atoms with Crippen LogP contribution in [0.4, 0.5) is 0 Å². The number of hydrogen-bond donors (Lipinski definition) is 2. The minimum absolute atomic E-state index is 0.170. The van der Waals surface area contributed by atoms with Crippen LogP contribution in [-0.2, 0) is 4.79 Å². The number of aryl methyl sites for hydroxylation is 1. The first kappa shape index (κ1) is 16.4. The molecule has 2 rings (SSSR count). The standard InChI is InChI=1S/C18H19N3O2/c1-14-7-9-15(10-8-14)13-20-21-17(22)11-12-19-18(23)16-5-3-2-4-6-16/h2-10,13H,11-12H2,1H3,(H,19,23)(H,21,22)/b20-13-. The zero-order valence-corrected chi connectivity index (χ0v) is 13.0. The van der Waals surface area contributed by atoms with Crippen LogP contribution >= 0.6 is 0 Å². The lowest BCUT2D eigenvalue weighted by Crippen LogP contribution is -2.28. The molecule has 0 radical (unpaired) electrons. The van der Waals surface area contributed by atoms with Crippen LogP contribution in [0.3, 0.4) is 0 Å². The number of rotatable bonds is 6. The van der Waals surface area contributed by atoms with Crippen molar-refractivity contribution in [3.63, 3.8) is 0 Å². The van der Waals surface area contributed by atoms with E-state index < -0.39 is 0 Å². The summed E-state index contributed by atoms with van der Waals surface area (Å²) in [6, 6.07) is 16.7. The molecule has 0 atom stereocenters.